The van der Waals surface area contributed by atoms with E-state index in [4.69, 9.17) is 16.6 Å². The van der Waals surface area contributed by atoms with Gasteiger partial charge in [0.25, 0.3) is 0 Å². The number of aliphatic imine (C=N–C) groups is 1. The number of nitrogens with one attached hydrogen (secondary N) is 1. The van der Waals surface area contributed by atoms with Gasteiger partial charge in [-0.15, -0.1) is 0 Å². The van der Waals surface area contributed by atoms with Gasteiger partial charge >= 0.3 is 12.2 Å². The first-order chi connectivity index (χ1) is 17.7. The molecule has 3 amide bonds. The lowest BCUT2D eigenvalue weighted by Gasteiger charge is -2.35. The Morgan fingerprint density at radius 3 is 2.51 bits per heavy atom. The second-order valence-electron chi connectivity index (χ2n) is 8.68. The third-order valence-electron chi connectivity index (χ3n) is 6.27. The van der Waals surface area contributed by atoms with Crippen molar-refractivity contribution in [1.29, 1.82) is 0 Å². The summed E-state index contributed by atoms with van der Waals surface area (Å²) in [6.45, 7) is 0.353. The van der Waals surface area contributed by atoms with Crippen molar-refractivity contribution in [1.82, 2.24) is 20.1 Å². The van der Waals surface area contributed by atoms with Crippen LogP contribution in [-0.2, 0) is 11.0 Å². The minimum absolute atomic E-state index is 0.170. The van der Waals surface area contributed by atoms with Gasteiger partial charge in [-0.2, -0.15) is 13.2 Å². The molecule has 0 bridgehead atoms. The highest BCUT2D eigenvalue weighted by Gasteiger charge is 2.45. The first-order valence-electron chi connectivity index (χ1n) is 11.5. The predicted molar refractivity (Wildman–Crippen MR) is 131 cm³/mol. The summed E-state index contributed by atoms with van der Waals surface area (Å²) in [5.41, 5.74) is 0.609. The number of benzene rings is 2. The summed E-state index contributed by atoms with van der Waals surface area (Å²) in [7, 11) is 0. The largest absolute Gasteiger partial charge is 0.416 e. The van der Waals surface area contributed by atoms with Crippen LogP contribution in [0.4, 0.5) is 18.0 Å². The van der Waals surface area contributed by atoms with Crippen LogP contribution in [0.3, 0.4) is 0 Å². The number of carbonyl (C=O) groups excluding carboxylic acids is 2. The molecule has 2 aliphatic rings. The van der Waals surface area contributed by atoms with Crippen molar-refractivity contribution in [3.63, 3.8) is 0 Å². The Kier molecular flexibility index (Phi) is 6.59. The van der Waals surface area contributed by atoms with Crippen molar-refractivity contribution in [2.24, 2.45) is 4.99 Å². The van der Waals surface area contributed by atoms with E-state index in [-0.39, 0.29) is 36.9 Å². The van der Waals surface area contributed by atoms with Crippen LogP contribution in [0.1, 0.15) is 34.3 Å². The number of hydrogen-bond acceptors (Lipinski definition) is 4. The minimum Gasteiger partial charge on any atom is -0.353 e. The summed E-state index contributed by atoms with van der Waals surface area (Å²) in [6, 6.07) is 12.9. The summed E-state index contributed by atoms with van der Waals surface area (Å²) >= 11 is 6.08. The van der Waals surface area contributed by atoms with Crippen LogP contribution in [0.25, 0.3) is 0 Å². The molecule has 1 N–H and O–H groups in total. The molecule has 5 rings (SSSR count). The summed E-state index contributed by atoms with van der Waals surface area (Å²) in [5, 5.41) is 3.17. The lowest BCUT2D eigenvalue weighted by atomic mass is 9.92. The van der Waals surface area contributed by atoms with E-state index in [9.17, 15) is 22.8 Å². The molecule has 1 saturated heterocycles. The molecule has 2 aromatic carbocycles. The molecular weight excluding hydrogens is 507 g/mol. The molecular formula is C26H21ClF3N5O2. The Labute approximate surface area is 215 Å². The fraction of sp³-hybridized carbons (Fsp3) is 0.231. The highest BCUT2D eigenvalue weighted by Crippen LogP contribution is 2.45. The Balaban J connectivity index is 1.68. The number of urea groups is 1. The smallest absolute Gasteiger partial charge is 0.353 e. The van der Waals surface area contributed by atoms with Gasteiger partial charge in [0.15, 0.2) is 0 Å². The number of alkyl halides is 3. The van der Waals surface area contributed by atoms with Gasteiger partial charge in [0, 0.05) is 36.1 Å². The average molecular weight is 528 g/mol. The van der Waals surface area contributed by atoms with E-state index in [2.05, 4.69) is 10.3 Å². The van der Waals surface area contributed by atoms with E-state index in [0.717, 1.165) is 12.1 Å². The van der Waals surface area contributed by atoms with E-state index in [1.54, 1.807) is 48.7 Å². The number of hydrogen-bond donors (Lipinski definition) is 1. The van der Waals surface area contributed by atoms with Crippen molar-refractivity contribution < 1.29 is 22.8 Å². The van der Waals surface area contributed by atoms with Gasteiger partial charge in [-0.3, -0.25) is 19.7 Å². The fourth-order valence-electron chi connectivity index (χ4n) is 4.56. The lowest BCUT2D eigenvalue weighted by Crippen LogP contribution is -2.55. The molecule has 3 heterocycles. The van der Waals surface area contributed by atoms with Crippen molar-refractivity contribution in [3.8, 4) is 0 Å². The van der Waals surface area contributed by atoms with E-state index in [0.29, 0.717) is 16.1 Å². The zero-order chi connectivity index (χ0) is 26.2. The van der Waals surface area contributed by atoms with Crippen molar-refractivity contribution in [2.75, 3.05) is 19.6 Å². The number of halogens is 4. The molecule has 0 aliphatic carbocycles. The van der Waals surface area contributed by atoms with Crippen LogP contribution >= 0.6 is 11.6 Å². The number of amidine groups is 1. The van der Waals surface area contributed by atoms with Crippen LogP contribution in [0, 0.1) is 0 Å². The predicted octanol–water partition coefficient (Wildman–Crippen LogP) is 4.85. The molecule has 1 fully saturated rings. The zero-order valence-corrected chi connectivity index (χ0v) is 20.1. The SMILES string of the molecule is O=C1CN(C(=O)N2C(c3cccnc3)=NC(c3ccc(Cl)cc3)C2c2cccc(C(F)(F)F)c2)CCN1. The molecule has 1 aromatic heterocycles. The fourth-order valence-corrected chi connectivity index (χ4v) is 4.68. The Morgan fingerprint density at radius 2 is 1.84 bits per heavy atom. The van der Waals surface area contributed by atoms with Crippen LogP contribution in [-0.4, -0.2) is 52.2 Å². The van der Waals surface area contributed by atoms with Gasteiger partial charge in [-0.05, 0) is 47.5 Å². The second kappa shape index (κ2) is 9.85. The molecule has 2 unspecified atom stereocenters. The summed E-state index contributed by atoms with van der Waals surface area (Å²) < 4.78 is 41.0. The van der Waals surface area contributed by atoms with Crippen molar-refractivity contribution in [2.45, 2.75) is 18.3 Å². The maximum atomic E-state index is 14.0. The maximum Gasteiger partial charge on any atom is 0.416 e. The summed E-state index contributed by atoms with van der Waals surface area (Å²) in [6.07, 6.45) is -1.46. The topological polar surface area (TPSA) is 77.9 Å². The molecule has 2 atom stereocenters. The van der Waals surface area contributed by atoms with Crippen molar-refractivity contribution in [3.05, 3.63) is 100 Å². The molecule has 2 aliphatic heterocycles. The van der Waals surface area contributed by atoms with Crippen LogP contribution in [0.5, 0.6) is 0 Å². The van der Waals surface area contributed by atoms with E-state index in [1.165, 1.54) is 22.1 Å². The Morgan fingerprint density at radius 1 is 1.05 bits per heavy atom. The summed E-state index contributed by atoms with van der Waals surface area (Å²) in [4.78, 5) is 37.8. The zero-order valence-electron chi connectivity index (χ0n) is 19.3. The van der Waals surface area contributed by atoms with Crippen LogP contribution < -0.4 is 5.32 Å². The van der Waals surface area contributed by atoms with E-state index >= 15 is 0 Å². The molecule has 37 heavy (non-hydrogen) atoms. The third kappa shape index (κ3) is 5.01. The highest BCUT2D eigenvalue weighted by atomic mass is 35.5. The number of piperazine rings is 1. The number of nitrogens with zero attached hydrogens (tertiary/aromatic N) is 4. The molecule has 0 radical (unpaired) electrons. The maximum absolute atomic E-state index is 14.0. The number of rotatable bonds is 3. The Hall–Kier alpha value is -3.92. The molecule has 11 heteroatoms. The van der Waals surface area contributed by atoms with Gasteiger partial charge in [0.1, 0.15) is 18.4 Å². The molecule has 190 valence electrons. The normalized spacial score (nSPS) is 20.0. The number of aromatic nitrogens is 1. The molecule has 7 nitrogen and oxygen atoms in total. The first kappa shape index (κ1) is 24.8. The first-order valence-corrected chi connectivity index (χ1v) is 11.9. The van der Waals surface area contributed by atoms with Gasteiger partial charge < -0.3 is 10.2 Å². The quantitative estimate of drug-likeness (QED) is 0.529. The number of carbonyl (C=O) groups is 2. The number of amides is 3. The van der Waals surface area contributed by atoms with Gasteiger partial charge in [0.2, 0.25) is 5.91 Å². The average Bonchev–Trinajstić information content (AvgIpc) is 3.29. The lowest BCUT2D eigenvalue weighted by molar-refractivity contribution is -0.137. The highest BCUT2D eigenvalue weighted by molar-refractivity contribution is 6.30. The summed E-state index contributed by atoms with van der Waals surface area (Å²) in [5.74, 6) is -0.0602. The Bertz CT molecular complexity index is 1350. The van der Waals surface area contributed by atoms with Gasteiger partial charge in [-0.1, -0.05) is 35.9 Å². The standard InChI is InChI=1S/C26H21ClF3N5O2/c27-20-8-6-16(7-9-20)22-23(17-3-1-5-19(13-17)26(28,29)30)35(24(33-22)18-4-2-10-31-14-18)25(37)34-12-11-32-21(36)15-34/h1-10,13-14,22-23H,11-12,15H2,(H,32,36). The molecule has 0 saturated carbocycles. The van der Waals surface area contributed by atoms with E-state index < -0.39 is 29.9 Å². The van der Waals surface area contributed by atoms with Gasteiger partial charge in [0.05, 0.1) is 11.6 Å². The van der Waals surface area contributed by atoms with Gasteiger partial charge in [-0.25, -0.2) is 4.79 Å². The monoisotopic (exact) mass is 527 g/mol. The number of pyridine rings is 1. The van der Waals surface area contributed by atoms with Crippen molar-refractivity contribution >= 4 is 29.4 Å². The van der Waals surface area contributed by atoms with E-state index in [1.807, 2.05) is 0 Å². The second-order valence-corrected chi connectivity index (χ2v) is 9.12. The third-order valence-corrected chi connectivity index (χ3v) is 6.52. The van der Waals surface area contributed by atoms with Crippen LogP contribution in [0.15, 0.2) is 78.0 Å². The molecule has 0 spiro atoms. The molecule has 3 aromatic rings. The van der Waals surface area contributed by atoms with Crippen LogP contribution in [0.2, 0.25) is 5.02 Å². The minimum atomic E-state index is -4.57.